The van der Waals surface area contributed by atoms with Crippen LogP contribution in [-0.2, 0) is 4.79 Å². The molecule has 0 aliphatic rings. The summed E-state index contributed by atoms with van der Waals surface area (Å²) in [7, 11) is 1.53. The first-order valence-corrected chi connectivity index (χ1v) is 7.09. The molecule has 0 aromatic heterocycles. The van der Waals surface area contributed by atoms with Gasteiger partial charge in [0.2, 0.25) is 0 Å². The number of hydrogen-bond acceptors (Lipinski definition) is 4. The molecule has 0 heterocycles. The smallest absolute Gasteiger partial charge is 0.257 e. The SMILES string of the molecule is CCCCCNC(=O)c1ccc(OCC(=O)NC)c(N)c1. The molecular weight excluding hydrogens is 270 g/mol. The van der Waals surface area contributed by atoms with E-state index in [4.69, 9.17) is 10.5 Å². The van der Waals surface area contributed by atoms with Crippen molar-refractivity contribution < 1.29 is 14.3 Å². The molecule has 1 rings (SSSR count). The number of anilines is 1. The molecule has 0 atom stereocenters. The Labute approximate surface area is 125 Å². The first-order chi connectivity index (χ1) is 10.1. The monoisotopic (exact) mass is 293 g/mol. The molecule has 1 aromatic rings. The number of nitrogen functional groups attached to an aromatic ring is 1. The first kappa shape index (κ1) is 16.8. The fraction of sp³-hybridized carbons (Fsp3) is 0.467. The summed E-state index contributed by atoms with van der Waals surface area (Å²) in [4.78, 5) is 23.0. The number of hydrogen-bond donors (Lipinski definition) is 3. The molecule has 0 aliphatic heterocycles. The van der Waals surface area contributed by atoms with Crippen molar-refractivity contribution in [3.8, 4) is 5.75 Å². The standard InChI is InChI=1S/C15H23N3O3/c1-3-4-5-8-18-15(20)11-6-7-13(12(16)9-11)21-10-14(19)17-2/h6-7,9H,3-5,8,10,16H2,1-2H3,(H,17,19)(H,18,20). The number of amides is 2. The van der Waals surface area contributed by atoms with Gasteiger partial charge >= 0.3 is 0 Å². The fourth-order valence-corrected chi connectivity index (χ4v) is 1.72. The minimum absolute atomic E-state index is 0.108. The molecule has 0 radical (unpaired) electrons. The van der Waals surface area contributed by atoms with Crippen LogP contribution in [0, 0.1) is 0 Å². The van der Waals surface area contributed by atoms with Crippen molar-refractivity contribution >= 4 is 17.5 Å². The Kier molecular flexibility index (Phi) is 7.08. The number of nitrogens with one attached hydrogen (secondary N) is 2. The maximum absolute atomic E-state index is 11.9. The van der Waals surface area contributed by atoms with Crippen LogP contribution in [0.25, 0.3) is 0 Å². The van der Waals surface area contributed by atoms with Crippen LogP contribution in [0.1, 0.15) is 36.5 Å². The molecule has 0 aliphatic carbocycles. The molecule has 0 bridgehead atoms. The number of rotatable bonds is 8. The second-order valence-corrected chi connectivity index (χ2v) is 4.68. The molecule has 21 heavy (non-hydrogen) atoms. The highest BCUT2D eigenvalue weighted by Crippen LogP contribution is 2.22. The summed E-state index contributed by atoms with van der Waals surface area (Å²) in [6, 6.07) is 4.78. The highest BCUT2D eigenvalue weighted by atomic mass is 16.5. The predicted molar refractivity (Wildman–Crippen MR) is 82.3 cm³/mol. The Hall–Kier alpha value is -2.24. The summed E-state index contributed by atoms with van der Waals surface area (Å²) in [5.41, 5.74) is 6.64. The Morgan fingerprint density at radius 1 is 1.29 bits per heavy atom. The van der Waals surface area contributed by atoms with E-state index in [0.717, 1.165) is 19.3 Å². The number of benzene rings is 1. The molecule has 6 nitrogen and oxygen atoms in total. The van der Waals surface area contributed by atoms with Crippen LogP contribution >= 0.6 is 0 Å². The van der Waals surface area contributed by atoms with Gasteiger partial charge in [-0.05, 0) is 24.6 Å². The van der Waals surface area contributed by atoms with Crippen molar-refractivity contribution in [2.45, 2.75) is 26.2 Å². The third kappa shape index (κ3) is 5.72. The number of ether oxygens (including phenoxy) is 1. The molecular formula is C15H23N3O3. The van der Waals surface area contributed by atoms with Crippen molar-refractivity contribution in [1.82, 2.24) is 10.6 Å². The summed E-state index contributed by atoms with van der Waals surface area (Å²) in [6.45, 7) is 2.66. The van der Waals surface area contributed by atoms with Gasteiger partial charge in [0.25, 0.3) is 11.8 Å². The van der Waals surface area contributed by atoms with Crippen LogP contribution in [0.4, 0.5) is 5.69 Å². The van der Waals surface area contributed by atoms with E-state index in [9.17, 15) is 9.59 Å². The van der Waals surface area contributed by atoms with Crippen LogP contribution in [0.5, 0.6) is 5.75 Å². The predicted octanol–water partition coefficient (Wildman–Crippen LogP) is 1.31. The molecule has 4 N–H and O–H groups in total. The van der Waals surface area contributed by atoms with Gasteiger partial charge in [-0.3, -0.25) is 9.59 Å². The number of carbonyl (C=O) groups excluding carboxylic acids is 2. The molecule has 2 amide bonds. The zero-order valence-corrected chi connectivity index (χ0v) is 12.6. The van der Waals surface area contributed by atoms with Crippen LogP contribution in [0.3, 0.4) is 0 Å². The van der Waals surface area contributed by atoms with Crippen molar-refractivity contribution in [3.05, 3.63) is 23.8 Å². The number of unbranched alkanes of at least 4 members (excludes halogenated alkanes) is 2. The zero-order chi connectivity index (χ0) is 15.7. The Morgan fingerprint density at radius 2 is 2.05 bits per heavy atom. The Morgan fingerprint density at radius 3 is 2.67 bits per heavy atom. The van der Waals surface area contributed by atoms with Crippen LogP contribution < -0.4 is 21.1 Å². The van der Waals surface area contributed by atoms with Gasteiger partial charge in [-0.25, -0.2) is 0 Å². The molecule has 6 heteroatoms. The van der Waals surface area contributed by atoms with E-state index >= 15 is 0 Å². The quantitative estimate of drug-likeness (QED) is 0.497. The maximum atomic E-state index is 11.9. The average Bonchev–Trinajstić information content (AvgIpc) is 2.49. The lowest BCUT2D eigenvalue weighted by molar-refractivity contribution is -0.122. The second-order valence-electron chi connectivity index (χ2n) is 4.68. The van der Waals surface area contributed by atoms with Gasteiger partial charge in [-0.1, -0.05) is 19.8 Å². The Bertz CT molecular complexity index is 489. The van der Waals surface area contributed by atoms with E-state index in [0.29, 0.717) is 23.5 Å². The van der Waals surface area contributed by atoms with E-state index < -0.39 is 0 Å². The van der Waals surface area contributed by atoms with E-state index in [1.54, 1.807) is 18.2 Å². The van der Waals surface area contributed by atoms with Gasteiger partial charge in [0.15, 0.2) is 6.61 Å². The van der Waals surface area contributed by atoms with Crippen LogP contribution in [0.2, 0.25) is 0 Å². The van der Waals surface area contributed by atoms with E-state index in [1.165, 1.54) is 7.05 Å². The molecule has 0 unspecified atom stereocenters. The fourth-order valence-electron chi connectivity index (χ4n) is 1.72. The van der Waals surface area contributed by atoms with Gasteiger partial charge in [-0.2, -0.15) is 0 Å². The summed E-state index contributed by atoms with van der Waals surface area (Å²) in [6.07, 6.45) is 3.17. The minimum atomic E-state index is -0.243. The van der Waals surface area contributed by atoms with Gasteiger partial charge < -0.3 is 21.1 Å². The number of carbonyl (C=O) groups is 2. The van der Waals surface area contributed by atoms with Crippen molar-refractivity contribution in [3.63, 3.8) is 0 Å². The van der Waals surface area contributed by atoms with Crippen LogP contribution in [-0.4, -0.2) is 32.0 Å². The average molecular weight is 293 g/mol. The number of nitrogens with two attached hydrogens (primary N) is 1. The molecule has 0 spiro atoms. The minimum Gasteiger partial charge on any atom is -0.482 e. The van der Waals surface area contributed by atoms with E-state index in [-0.39, 0.29) is 18.4 Å². The molecule has 0 saturated carbocycles. The zero-order valence-electron chi connectivity index (χ0n) is 12.6. The van der Waals surface area contributed by atoms with E-state index in [2.05, 4.69) is 17.6 Å². The van der Waals surface area contributed by atoms with Crippen molar-refractivity contribution in [1.29, 1.82) is 0 Å². The summed E-state index contributed by atoms with van der Waals surface area (Å²) >= 11 is 0. The Balaban J connectivity index is 2.56. The topological polar surface area (TPSA) is 93.4 Å². The third-order valence-electron chi connectivity index (χ3n) is 2.98. The van der Waals surface area contributed by atoms with Crippen molar-refractivity contribution in [2.75, 3.05) is 25.9 Å². The molecule has 0 saturated heterocycles. The molecule has 0 fully saturated rings. The van der Waals surface area contributed by atoms with Crippen LogP contribution in [0.15, 0.2) is 18.2 Å². The van der Waals surface area contributed by atoms with E-state index in [1.807, 2.05) is 0 Å². The largest absolute Gasteiger partial charge is 0.482 e. The highest BCUT2D eigenvalue weighted by Gasteiger charge is 2.09. The van der Waals surface area contributed by atoms with Gasteiger partial charge in [0, 0.05) is 19.2 Å². The summed E-state index contributed by atoms with van der Waals surface area (Å²) in [5.74, 6) is -0.0102. The summed E-state index contributed by atoms with van der Waals surface area (Å²) in [5, 5.41) is 5.29. The van der Waals surface area contributed by atoms with Gasteiger partial charge in [0.05, 0.1) is 5.69 Å². The lowest BCUT2D eigenvalue weighted by Gasteiger charge is -2.10. The third-order valence-corrected chi connectivity index (χ3v) is 2.98. The normalized spacial score (nSPS) is 10.0. The first-order valence-electron chi connectivity index (χ1n) is 7.09. The molecule has 116 valence electrons. The maximum Gasteiger partial charge on any atom is 0.257 e. The lowest BCUT2D eigenvalue weighted by atomic mass is 10.1. The summed E-state index contributed by atoms with van der Waals surface area (Å²) < 4.78 is 5.27. The molecule has 1 aromatic carbocycles. The number of likely N-dealkylation sites (N-methyl/N-ethyl adjacent to an activating group) is 1. The van der Waals surface area contributed by atoms with Gasteiger partial charge in [-0.15, -0.1) is 0 Å². The highest BCUT2D eigenvalue weighted by molar-refractivity contribution is 5.95. The lowest BCUT2D eigenvalue weighted by Crippen LogP contribution is -2.25. The van der Waals surface area contributed by atoms with Gasteiger partial charge in [0.1, 0.15) is 5.75 Å². The second kappa shape index (κ2) is 8.84. The van der Waals surface area contributed by atoms with Crippen molar-refractivity contribution in [2.24, 2.45) is 0 Å².